The van der Waals surface area contributed by atoms with Crippen LogP contribution in [0.25, 0.3) is 0 Å². The van der Waals surface area contributed by atoms with Gasteiger partial charge in [-0.2, -0.15) is 5.10 Å². The molecule has 2 amide bonds. The standard InChI is InChI=1S/C27H28ClN3O3/c1-3-4-8-18-13-15-19(16-14-18)29-27(33)25-17(2)24-22(11-7-12-23(24)34-25)30-31-26(32)20-9-5-6-10-21(20)28/h5-6,9-10,13-16H,3-4,7-8,11-12H2,1-2H3,(H,29,33)(H,31,32)/b30-22+. The van der Waals surface area contributed by atoms with Gasteiger partial charge in [0.2, 0.25) is 0 Å². The van der Waals surface area contributed by atoms with Crippen LogP contribution in [-0.2, 0) is 12.8 Å². The zero-order valence-corrected chi connectivity index (χ0v) is 20.2. The van der Waals surface area contributed by atoms with Gasteiger partial charge < -0.3 is 9.73 Å². The van der Waals surface area contributed by atoms with E-state index >= 15 is 0 Å². The minimum absolute atomic E-state index is 0.270. The van der Waals surface area contributed by atoms with Crippen molar-refractivity contribution in [1.29, 1.82) is 0 Å². The van der Waals surface area contributed by atoms with Crippen LogP contribution in [0, 0.1) is 6.92 Å². The van der Waals surface area contributed by atoms with E-state index in [9.17, 15) is 9.59 Å². The zero-order valence-electron chi connectivity index (χ0n) is 19.4. The van der Waals surface area contributed by atoms with Crippen LogP contribution >= 0.6 is 11.6 Å². The molecule has 0 saturated heterocycles. The molecule has 0 atom stereocenters. The van der Waals surface area contributed by atoms with E-state index in [0.717, 1.165) is 48.3 Å². The Morgan fingerprint density at radius 3 is 2.56 bits per heavy atom. The average Bonchev–Trinajstić information content (AvgIpc) is 3.19. The van der Waals surface area contributed by atoms with Gasteiger partial charge in [-0.15, -0.1) is 0 Å². The predicted octanol–water partition coefficient (Wildman–Crippen LogP) is 6.31. The van der Waals surface area contributed by atoms with Crippen molar-refractivity contribution in [3.63, 3.8) is 0 Å². The molecular formula is C27H28ClN3O3. The molecule has 4 rings (SSSR count). The number of fused-ring (bicyclic) bond motifs is 1. The Morgan fingerprint density at radius 1 is 1.06 bits per heavy atom. The minimum atomic E-state index is -0.383. The van der Waals surface area contributed by atoms with Crippen molar-refractivity contribution in [1.82, 2.24) is 5.43 Å². The van der Waals surface area contributed by atoms with Gasteiger partial charge in [0.25, 0.3) is 11.8 Å². The van der Waals surface area contributed by atoms with Crippen molar-refractivity contribution in [2.75, 3.05) is 5.32 Å². The highest BCUT2D eigenvalue weighted by Gasteiger charge is 2.28. The van der Waals surface area contributed by atoms with E-state index in [1.807, 2.05) is 31.2 Å². The second-order valence-corrected chi connectivity index (χ2v) is 8.85. The molecule has 3 aromatic rings. The summed E-state index contributed by atoms with van der Waals surface area (Å²) in [5.41, 5.74) is 7.14. The van der Waals surface area contributed by atoms with Gasteiger partial charge in [-0.1, -0.05) is 49.2 Å². The first-order chi connectivity index (χ1) is 16.5. The highest BCUT2D eigenvalue weighted by Crippen LogP contribution is 2.30. The number of nitrogens with zero attached hydrogens (tertiary/aromatic N) is 1. The van der Waals surface area contributed by atoms with Crippen LogP contribution in [0.5, 0.6) is 0 Å². The second kappa shape index (κ2) is 10.7. The molecule has 0 radical (unpaired) electrons. The fourth-order valence-corrected chi connectivity index (χ4v) is 4.37. The van der Waals surface area contributed by atoms with Gasteiger partial charge in [0.05, 0.1) is 16.3 Å². The molecule has 0 bridgehead atoms. The lowest BCUT2D eigenvalue weighted by Gasteiger charge is -2.13. The summed E-state index contributed by atoms with van der Waals surface area (Å²) in [4.78, 5) is 25.5. The molecular weight excluding hydrogens is 450 g/mol. The van der Waals surface area contributed by atoms with Crippen molar-refractivity contribution in [2.24, 2.45) is 5.10 Å². The quantitative estimate of drug-likeness (QED) is 0.391. The number of amides is 2. The molecule has 176 valence electrons. The summed E-state index contributed by atoms with van der Waals surface area (Å²) in [6.45, 7) is 4.02. The smallest absolute Gasteiger partial charge is 0.291 e. The van der Waals surface area contributed by atoms with Crippen LogP contribution in [0.15, 0.2) is 58.0 Å². The van der Waals surface area contributed by atoms with Crippen molar-refractivity contribution in [2.45, 2.75) is 52.4 Å². The van der Waals surface area contributed by atoms with Crippen LogP contribution in [-0.4, -0.2) is 17.5 Å². The molecule has 2 N–H and O–H groups in total. The Bertz CT molecular complexity index is 1230. The fourth-order valence-electron chi connectivity index (χ4n) is 4.14. The van der Waals surface area contributed by atoms with E-state index < -0.39 is 0 Å². The van der Waals surface area contributed by atoms with Crippen LogP contribution in [0.1, 0.15) is 76.0 Å². The number of rotatable bonds is 7. The predicted molar refractivity (Wildman–Crippen MR) is 135 cm³/mol. The largest absolute Gasteiger partial charge is 0.455 e. The summed E-state index contributed by atoms with van der Waals surface area (Å²) in [5, 5.41) is 7.65. The number of carbonyl (C=O) groups is 2. The number of hydrogen-bond donors (Lipinski definition) is 2. The summed E-state index contributed by atoms with van der Waals surface area (Å²) in [6.07, 6.45) is 5.54. The maximum Gasteiger partial charge on any atom is 0.291 e. The number of nitrogens with one attached hydrogen (secondary N) is 2. The normalized spacial score (nSPS) is 14.0. The molecule has 7 heteroatoms. The van der Waals surface area contributed by atoms with Gasteiger partial charge in [-0.25, -0.2) is 5.43 Å². The molecule has 1 aromatic heterocycles. The molecule has 0 saturated carbocycles. The summed E-state index contributed by atoms with van der Waals surface area (Å²) in [6, 6.07) is 14.7. The molecule has 0 unspecified atom stereocenters. The molecule has 34 heavy (non-hydrogen) atoms. The Morgan fingerprint density at radius 2 is 1.82 bits per heavy atom. The number of aryl methyl sites for hydroxylation is 2. The Kier molecular flexibility index (Phi) is 7.48. The first kappa shape index (κ1) is 23.8. The lowest BCUT2D eigenvalue weighted by atomic mass is 9.93. The molecule has 2 aromatic carbocycles. The van der Waals surface area contributed by atoms with Crippen LogP contribution in [0.3, 0.4) is 0 Å². The Labute approximate surface area is 204 Å². The Balaban J connectivity index is 1.51. The van der Waals surface area contributed by atoms with E-state index in [2.05, 4.69) is 22.8 Å². The molecule has 0 spiro atoms. The molecule has 1 aliphatic carbocycles. The van der Waals surface area contributed by atoms with Crippen molar-refractivity contribution >= 4 is 34.8 Å². The number of furan rings is 1. The van der Waals surface area contributed by atoms with Gasteiger partial charge >= 0.3 is 0 Å². The number of unbranched alkanes of at least 4 members (excludes halogenated alkanes) is 1. The molecule has 0 aliphatic heterocycles. The molecule has 0 fully saturated rings. The highest BCUT2D eigenvalue weighted by atomic mass is 35.5. The third-order valence-electron chi connectivity index (χ3n) is 5.97. The van der Waals surface area contributed by atoms with Crippen molar-refractivity contribution in [3.8, 4) is 0 Å². The van der Waals surface area contributed by atoms with Gasteiger partial charge in [0.1, 0.15) is 5.76 Å². The Hall–Kier alpha value is -3.38. The topological polar surface area (TPSA) is 83.7 Å². The van der Waals surface area contributed by atoms with Gasteiger partial charge in [0, 0.05) is 23.2 Å². The summed E-state index contributed by atoms with van der Waals surface area (Å²) in [7, 11) is 0. The van der Waals surface area contributed by atoms with Crippen molar-refractivity contribution in [3.05, 3.63) is 87.3 Å². The zero-order chi connectivity index (χ0) is 24.1. The van der Waals surface area contributed by atoms with E-state index in [1.165, 1.54) is 5.56 Å². The van der Waals surface area contributed by atoms with Crippen LogP contribution in [0.4, 0.5) is 5.69 Å². The maximum absolute atomic E-state index is 13.0. The van der Waals surface area contributed by atoms with E-state index in [0.29, 0.717) is 29.1 Å². The minimum Gasteiger partial charge on any atom is -0.455 e. The fraction of sp³-hybridized carbons (Fsp3) is 0.296. The SMILES string of the molecule is CCCCc1ccc(NC(=O)c2oc3c(c2C)/C(=N/NC(=O)c2ccccc2Cl)CCC3)cc1. The highest BCUT2D eigenvalue weighted by molar-refractivity contribution is 6.33. The third-order valence-corrected chi connectivity index (χ3v) is 6.30. The molecule has 1 aliphatic rings. The maximum atomic E-state index is 13.0. The number of carbonyl (C=O) groups excluding carboxylic acids is 2. The van der Waals surface area contributed by atoms with E-state index in [1.54, 1.807) is 24.3 Å². The van der Waals surface area contributed by atoms with Crippen LogP contribution < -0.4 is 10.7 Å². The van der Waals surface area contributed by atoms with Crippen molar-refractivity contribution < 1.29 is 14.0 Å². The van der Waals surface area contributed by atoms with Gasteiger partial charge in [-0.05, 0) is 62.4 Å². The number of hydrogen-bond acceptors (Lipinski definition) is 4. The summed E-state index contributed by atoms with van der Waals surface area (Å²) in [5.74, 6) is 0.307. The lowest BCUT2D eigenvalue weighted by molar-refractivity contribution is 0.0953. The number of anilines is 1. The first-order valence-electron chi connectivity index (χ1n) is 11.6. The van der Waals surface area contributed by atoms with Crippen LogP contribution in [0.2, 0.25) is 5.02 Å². The number of benzene rings is 2. The van der Waals surface area contributed by atoms with Gasteiger partial charge in [-0.3, -0.25) is 9.59 Å². The van der Waals surface area contributed by atoms with Gasteiger partial charge in [0.15, 0.2) is 5.76 Å². The second-order valence-electron chi connectivity index (χ2n) is 8.44. The third kappa shape index (κ3) is 5.23. The average molecular weight is 478 g/mol. The first-order valence-corrected chi connectivity index (χ1v) is 12.0. The molecule has 6 nitrogen and oxygen atoms in total. The van der Waals surface area contributed by atoms with E-state index in [4.69, 9.17) is 16.0 Å². The lowest BCUT2D eigenvalue weighted by Crippen LogP contribution is -2.22. The van der Waals surface area contributed by atoms with E-state index in [-0.39, 0.29) is 17.6 Å². The monoisotopic (exact) mass is 477 g/mol. The summed E-state index contributed by atoms with van der Waals surface area (Å²) < 4.78 is 5.96. The number of halogens is 1. The number of hydrazone groups is 1. The molecule has 1 heterocycles. The summed E-state index contributed by atoms with van der Waals surface area (Å²) >= 11 is 6.11.